The molecule has 218 valence electrons. The van der Waals surface area contributed by atoms with Crippen molar-refractivity contribution in [1.82, 2.24) is 10.2 Å². The lowest BCUT2D eigenvalue weighted by molar-refractivity contribution is -0.140. The minimum atomic E-state index is -0.743. The summed E-state index contributed by atoms with van der Waals surface area (Å²) in [6.45, 7) is 2.65. The van der Waals surface area contributed by atoms with Crippen molar-refractivity contribution < 1.29 is 23.8 Å². The van der Waals surface area contributed by atoms with Crippen LogP contribution in [0.5, 0.6) is 17.2 Å². The van der Waals surface area contributed by atoms with Crippen molar-refractivity contribution >= 4 is 11.8 Å². The van der Waals surface area contributed by atoms with Gasteiger partial charge in [-0.3, -0.25) is 9.59 Å². The summed E-state index contributed by atoms with van der Waals surface area (Å²) in [6.07, 6.45) is 0.460. The van der Waals surface area contributed by atoms with E-state index < -0.39 is 6.04 Å². The fraction of sp³-hybridized carbons (Fsp3) is 0.257. The highest BCUT2D eigenvalue weighted by molar-refractivity contribution is 5.89. The van der Waals surface area contributed by atoms with Gasteiger partial charge in [-0.1, -0.05) is 78.4 Å². The Morgan fingerprint density at radius 2 is 1.36 bits per heavy atom. The van der Waals surface area contributed by atoms with Crippen LogP contribution in [0.25, 0.3) is 0 Å². The van der Waals surface area contributed by atoms with Gasteiger partial charge in [-0.15, -0.1) is 0 Å². The lowest BCUT2D eigenvalue weighted by Crippen LogP contribution is -2.50. The monoisotopic (exact) mass is 566 g/mol. The maximum absolute atomic E-state index is 14.1. The summed E-state index contributed by atoms with van der Waals surface area (Å²) in [5.41, 5.74) is 4.76. The molecule has 7 nitrogen and oxygen atoms in total. The van der Waals surface area contributed by atoms with Crippen LogP contribution < -0.4 is 19.5 Å². The number of nitrogens with one attached hydrogen (secondary N) is 1. The van der Waals surface area contributed by atoms with Crippen molar-refractivity contribution in [2.45, 2.75) is 38.9 Å². The molecule has 7 heteroatoms. The normalized spacial score (nSPS) is 11.3. The number of aryl methyl sites for hydroxylation is 1. The van der Waals surface area contributed by atoms with Gasteiger partial charge >= 0.3 is 0 Å². The fourth-order valence-electron chi connectivity index (χ4n) is 4.76. The van der Waals surface area contributed by atoms with E-state index in [4.69, 9.17) is 14.2 Å². The van der Waals surface area contributed by atoms with Gasteiger partial charge in [-0.05, 0) is 53.4 Å². The first-order chi connectivity index (χ1) is 20.4. The Hall–Kier alpha value is -4.78. The third-order valence-electron chi connectivity index (χ3n) is 7.17. The average molecular weight is 567 g/mol. The molecule has 2 amide bonds. The van der Waals surface area contributed by atoms with Gasteiger partial charge in [0.05, 0.1) is 27.8 Å². The second-order valence-electron chi connectivity index (χ2n) is 10.1. The first-order valence-corrected chi connectivity index (χ1v) is 13.9. The molecule has 0 saturated carbocycles. The number of ether oxygens (including phenoxy) is 3. The molecule has 0 aliphatic carbocycles. The lowest BCUT2D eigenvalue weighted by atomic mass is 10.0. The largest absolute Gasteiger partial charge is 0.497 e. The number of rotatable bonds is 13. The molecule has 0 aliphatic heterocycles. The highest BCUT2D eigenvalue weighted by Gasteiger charge is 2.30. The Balaban J connectivity index is 1.66. The first-order valence-electron chi connectivity index (χ1n) is 13.9. The molecule has 4 rings (SSSR count). The topological polar surface area (TPSA) is 77.1 Å². The molecule has 42 heavy (non-hydrogen) atoms. The van der Waals surface area contributed by atoms with Gasteiger partial charge in [-0.2, -0.15) is 0 Å². The summed E-state index contributed by atoms with van der Waals surface area (Å²) in [4.78, 5) is 29.7. The maximum Gasteiger partial charge on any atom is 0.243 e. The van der Waals surface area contributed by atoms with Crippen molar-refractivity contribution in [2.75, 3.05) is 21.3 Å². The van der Waals surface area contributed by atoms with Crippen molar-refractivity contribution in [3.8, 4) is 17.2 Å². The van der Waals surface area contributed by atoms with E-state index in [0.29, 0.717) is 24.5 Å². The van der Waals surface area contributed by atoms with Gasteiger partial charge in [0.15, 0.2) is 11.5 Å². The number of amides is 2. The van der Waals surface area contributed by atoms with E-state index in [2.05, 4.69) is 5.32 Å². The van der Waals surface area contributed by atoms with E-state index in [9.17, 15) is 9.59 Å². The van der Waals surface area contributed by atoms with Gasteiger partial charge < -0.3 is 24.4 Å². The third-order valence-corrected chi connectivity index (χ3v) is 7.17. The molecular formula is C35H38N2O5. The molecule has 4 aromatic rings. The minimum Gasteiger partial charge on any atom is -0.497 e. The van der Waals surface area contributed by atoms with Crippen LogP contribution in [-0.4, -0.2) is 44.1 Å². The number of methoxy groups -OCH3 is 3. The van der Waals surface area contributed by atoms with Crippen molar-refractivity contribution in [3.63, 3.8) is 0 Å². The first kappa shape index (κ1) is 30.2. The lowest BCUT2D eigenvalue weighted by Gasteiger charge is -2.32. The molecule has 0 fully saturated rings. The highest BCUT2D eigenvalue weighted by Crippen LogP contribution is 2.28. The zero-order chi connectivity index (χ0) is 29.9. The van der Waals surface area contributed by atoms with Gasteiger partial charge in [0.1, 0.15) is 11.8 Å². The third kappa shape index (κ3) is 8.13. The Morgan fingerprint density at radius 3 is 2.00 bits per heavy atom. The van der Waals surface area contributed by atoms with Crippen LogP contribution in [0.1, 0.15) is 27.8 Å². The SMILES string of the molecule is COc1ccc(CN(C(=O)Cc2ccc(OC)c(OC)c2)[C@@H](Cc2ccccc2)C(=O)NCc2ccc(C)cc2)cc1. The number of hydrogen-bond donors (Lipinski definition) is 1. The molecule has 0 unspecified atom stereocenters. The fourth-order valence-corrected chi connectivity index (χ4v) is 4.76. The number of hydrogen-bond acceptors (Lipinski definition) is 5. The number of carbonyl (C=O) groups excluding carboxylic acids is 2. The molecule has 0 saturated heterocycles. The molecule has 0 bridgehead atoms. The second-order valence-corrected chi connectivity index (χ2v) is 10.1. The van der Waals surface area contributed by atoms with E-state index in [0.717, 1.165) is 33.6 Å². The highest BCUT2D eigenvalue weighted by atomic mass is 16.5. The molecule has 0 spiro atoms. The molecule has 0 heterocycles. The van der Waals surface area contributed by atoms with Crippen LogP contribution in [0.4, 0.5) is 0 Å². The summed E-state index contributed by atoms with van der Waals surface area (Å²) in [6, 6.07) is 30.0. The Bertz CT molecular complexity index is 1450. The van der Waals surface area contributed by atoms with Crippen molar-refractivity contribution in [1.29, 1.82) is 0 Å². The van der Waals surface area contributed by atoms with Gasteiger partial charge in [0.25, 0.3) is 0 Å². The molecule has 1 atom stereocenters. The summed E-state index contributed by atoms with van der Waals surface area (Å²) < 4.78 is 16.1. The smallest absolute Gasteiger partial charge is 0.243 e. The molecule has 0 aromatic heterocycles. The number of carbonyl (C=O) groups is 2. The van der Waals surface area contributed by atoms with Gasteiger partial charge in [0, 0.05) is 19.5 Å². The zero-order valence-electron chi connectivity index (χ0n) is 24.6. The van der Waals surface area contributed by atoms with Crippen LogP contribution >= 0.6 is 0 Å². The van der Waals surface area contributed by atoms with E-state index in [1.165, 1.54) is 0 Å². The quantitative estimate of drug-likeness (QED) is 0.231. The molecular weight excluding hydrogens is 528 g/mol. The standard InChI is InChI=1S/C35H38N2O5/c1-25-10-12-27(13-11-25)23-36-35(39)31(20-26-8-6-5-7-9-26)37(24-28-14-17-30(40-2)18-15-28)34(38)22-29-16-19-32(41-3)33(21-29)42-4/h5-19,21,31H,20,22-24H2,1-4H3,(H,36,39)/t31-/m0/s1. The van der Waals surface area contributed by atoms with Crippen LogP contribution in [0, 0.1) is 6.92 Å². The summed E-state index contributed by atoms with van der Waals surface area (Å²) in [5, 5.41) is 3.09. The maximum atomic E-state index is 14.1. The Labute approximate surface area is 248 Å². The Kier molecular flexibility index (Phi) is 10.6. The average Bonchev–Trinajstić information content (AvgIpc) is 3.03. The Morgan fingerprint density at radius 1 is 0.714 bits per heavy atom. The second kappa shape index (κ2) is 14.7. The van der Waals surface area contributed by atoms with E-state index in [1.807, 2.05) is 91.9 Å². The van der Waals surface area contributed by atoms with E-state index in [1.54, 1.807) is 38.4 Å². The minimum absolute atomic E-state index is 0.0903. The molecule has 0 aliphatic rings. The zero-order valence-corrected chi connectivity index (χ0v) is 24.6. The number of nitrogens with zero attached hydrogens (tertiary/aromatic N) is 1. The van der Waals surface area contributed by atoms with Crippen LogP contribution in [0.3, 0.4) is 0 Å². The van der Waals surface area contributed by atoms with Gasteiger partial charge in [0.2, 0.25) is 11.8 Å². The van der Waals surface area contributed by atoms with E-state index >= 15 is 0 Å². The van der Waals surface area contributed by atoms with Gasteiger partial charge in [-0.25, -0.2) is 0 Å². The van der Waals surface area contributed by atoms with Crippen molar-refractivity contribution in [2.24, 2.45) is 0 Å². The predicted octanol–water partition coefficient (Wildman–Crippen LogP) is 5.52. The summed E-state index contributed by atoms with van der Waals surface area (Å²) >= 11 is 0. The predicted molar refractivity (Wildman–Crippen MR) is 164 cm³/mol. The van der Waals surface area contributed by atoms with Crippen LogP contribution in [-0.2, 0) is 35.5 Å². The molecule has 4 aromatic carbocycles. The van der Waals surface area contributed by atoms with Crippen molar-refractivity contribution in [3.05, 3.63) is 125 Å². The van der Waals surface area contributed by atoms with Crippen LogP contribution in [0.15, 0.2) is 97.1 Å². The van der Waals surface area contributed by atoms with Crippen LogP contribution in [0.2, 0.25) is 0 Å². The summed E-state index contributed by atoms with van der Waals surface area (Å²) in [5.74, 6) is 1.46. The number of benzene rings is 4. The van der Waals surface area contributed by atoms with E-state index in [-0.39, 0.29) is 24.8 Å². The molecule has 1 N–H and O–H groups in total. The molecule has 0 radical (unpaired) electrons. The summed E-state index contributed by atoms with van der Waals surface area (Å²) in [7, 11) is 4.75.